The first-order valence-electron chi connectivity index (χ1n) is 7.97. The lowest BCUT2D eigenvalue weighted by molar-refractivity contribution is 0.111. The molecule has 0 bridgehead atoms. The summed E-state index contributed by atoms with van der Waals surface area (Å²) in [5, 5.41) is 13.8. The molecule has 6 nitrogen and oxygen atoms in total. The van der Waals surface area contributed by atoms with Gasteiger partial charge in [0.1, 0.15) is 12.4 Å². The number of aryl methyl sites for hydroxylation is 1. The van der Waals surface area contributed by atoms with Crippen LogP contribution in [0.4, 0.5) is 0 Å². The van der Waals surface area contributed by atoms with Gasteiger partial charge in [0.05, 0.1) is 11.8 Å². The molecule has 6 heteroatoms. The largest absolute Gasteiger partial charge is 0.487 e. The summed E-state index contributed by atoms with van der Waals surface area (Å²) in [5.74, 6) is 0.889. The average Bonchev–Trinajstić information content (AvgIpc) is 2.97. The normalized spacial score (nSPS) is 16.1. The lowest BCUT2D eigenvalue weighted by Gasteiger charge is -2.30. The molecule has 0 saturated carbocycles. The van der Waals surface area contributed by atoms with Gasteiger partial charge in [0.25, 0.3) is 0 Å². The number of benzene rings is 1. The van der Waals surface area contributed by atoms with Crippen LogP contribution in [-0.2, 0) is 26.6 Å². The number of ether oxygens (including phenoxy) is 1. The standard InChI is InChI=1S/C17H24N4O2/c1-20-15(4-6-19-20)12-23-17-3-2-14-10-21(11-16(22)9-18)7-5-13(14)8-17/h2-4,6,8,16,22H,5,7,9-12,18H2,1H3/t16-/m0/s1. The fourth-order valence-corrected chi connectivity index (χ4v) is 2.91. The molecule has 0 fully saturated rings. The minimum Gasteiger partial charge on any atom is -0.487 e. The summed E-state index contributed by atoms with van der Waals surface area (Å²) < 4.78 is 7.69. The number of hydrogen-bond acceptors (Lipinski definition) is 5. The Labute approximate surface area is 136 Å². The highest BCUT2D eigenvalue weighted by molar-refractivity contribution is 5.37. The van der Waals surface area contributed by atoms with Crippen LogP contribution in [0.2, 0.25) is 0 Å². The van der Waals surface area contributed by atoms with Crippen LogP contribution >= 0.6 is 0 Å². The summed E-state index contributed by atoms with van der Waals surface area (Å²) in [6, 6.07) is 8.22. The molecule has 2 aromatic rings. The third-order valence-electron chi connectivity index (χ3n) is 4.32. The molecular formula is C17H24N4O2. The van der Waals surface area contributed by atoms with E-state index in [0.717, 1.165) is 31.0 Å². The molecule has 1 atom stereocenters. The maximum Gasteiger partial charge on any atom is 0.130 e. The summed E-state index contributed by atoms with van der Waals surface area (Å²) in [4.78, 5) is 2.25. The third-order valence-corrected chi connectivity index (χ3v) is 4.32. The topological polar surface area (TPSA) is 76.5 Å². The second kappa shape index (κ2) is 7.12. The Hall–Kier alpha value is -1.89. The number of nitrogens with two attached hydrogens (primary N) is 1. The number of β-amino-alcohol motifs (C(OH)–C–C–N with tert-alkyl or cyclic N) is 1. The molecule has 1 aliphatic heterocycles. The van der Waals surface area contributed by atoms with E-state index >= 15 is 0 Å². The van der Waals surface area contributed by atoms with Crippen molar-refractivity contribution >= 4 is 0 Å². The van der Waals surface area contributed by atoms with E-state index in [4.69, 9.17) is 10.5 Å². The summed E-state index contributed by atoms with van der Waals surface area (Å²) in [5.41, 5.74) is 9.16. The number of nitrogens with zero attached hydrogens (tertiary/aromatic N) is 3. The van der Waals surface area contributed by atoms with E-state index in [2.05, 4.69) is 22.1 Å². The summed E-state index contributed by atoms with van der Waals surface area (Å²) in [7, 11) is 1.91. The Morgan fingerprint density at radius 3 is 2.96 bits per heavy atom. The summed E-state index contributed by atoms with van der Waals surface area (Å²) in [6.45, 7) is 3.26. The predicted molar refractivity (Wildman–Crippen MR) is 88.0 cm³/mol. The second-order valence-electron chi connectivity index (χ2n) is 6.04. The second-order valence-corrected chi connectivity index (χ2v) is 6.04. The smallest absolute Gasteiger partial charge is 0.130 e. The Morgan fingerprint density at radius 2 is 2.22 bits per heavy atom. The fraction of sp³-hybridized carbons (Fsp3) is 0.471. The highest BCUT2D eigenvalue weighted by Crippen LogP contribution is 2.24. The molecule has 0 amide bonds. The van der Waals surface area contributed by atoms with Gasteiger partial charge in [-0.3, -0.25) is 9.58 Å². The number of rotatable bonds is 6. The SMILES string of the molecule is Cn1nccc1COc1ccc2c(c1)CCN(C[C@@H](O)CN)C2. The number of hydrogen-bond donors (Lipinski definition) is 2. The maximum atomic E-state index is 9.69. The van der Waals surface area contributed by atoms with E-state index in [1.165, 1.54) is 11.1 Å². The molecule has 2 heterocycles. The van der Waals surface area contributed by atoms with Gasteiger partial charge in [0.15, 0.2) is 0 Å². The molecule has 124 valence electrons. The zero-order chi connectivity index (χ0) is 16.2. The van der Waals surface area contributed by atoms with E-state index in [-0.39, 0.29) is 0 Å². The molecule has 1 aromatic carbocycles. The van der Waals surface area contributed by atoms with Crippen LogP contribution in [0.3, 0.4) is 0 Å². The van der Waals surface area contributed by atoms with Crippen LogP contribution < -0.4 is 10.5 Å². The van der Waals surface area contributed by atoms with Crippen LogP contribution in [0.25, 0.3) is 0 Å². The first-order chi connectivity index (χ1) is 11.2. The molecule has 0 saturated heterocycles. The van der Waals surface area contributed by atoms with Crippen molar-refractivity contribution in [3.8, 4) is 5.75 Å². The highest BCUT2D eigenvalue weighted by atomic mass is 16.5. The molecule has 3 rings (SSSR count). The van der Waals surface area contributed by atoms with Crippen molar-refractivity contribution in [1.29, 1.82) is 0 Å². The minimum atomic E-state index is -0.446. The van der Waals surface area contributed by atoms with E-state index in [9.17, 15) is 5.11 Å². The van der Waals surface area contributed by atoms with Crippen molar-refractivity contribution in [1.82, 2.24) is 14.7 Å². The Morgan fingerprint density at radius 1 is 1.35 bits per heavy atom. The first kappa shape index (κ1) is 16.0. The van der Waals surface area contributed by atoms with Crippen molar-refractivity contribution in [2.75, 3.05) is 19.6 Å². The summed E-state index contributed by atoms with van der Waals surface area (Å²) in [6.07, 6.45) is 2.30. The van der Waals surface area contributed by atoms with Crippen LogP contribution in [0.1, 0.15) is 16.8 Å². The van der Waals surface area contributed by atoms with Gasteiger partial charge in [-0.1, -0.05) is 6.07 Å². The van der Waals surface area contributed by atoms with Crippen LogP contribution in [0.5, 0.6) is 5.75 Å². The van der Waals surface area contributed by atoms with Gasteiger partial charge in [0.2, 0.25) is 0 Å². The van der Waals surface area contributed by atoms with Gasteiger partial charge in [0, 0.05) is 39.4 Å². The van der Waals surface area contributed by atoms with Crippen molar-refractivity contribution in [3.63, 3.8) is 0 Å². The lowest BCUT2D eigenvalue weighted by atomic mass is 9.99. The van der Waals surface area contributed by atoms with Crippen molar-refractivity contribution < 1.29 is 9.84 Å². The fourth-order valence-electron chi connectivity index (χ4n) is 2.91. The van der Waals surface area contributed by atoms with Gasteiger partial charge in [-0.05, 0) is 35.7 Å². The zero-order valence-corrected chi connectivity index (χ0v) is 13.5. The van der Waals surface area contributed by atoms with Gasteiger partial charge in [-0.25, -0.2) is 0 Å². The van der Waals surface area contributed by atoms with Crippen LogP contribution in [0, 0.1) is 0 Å². The van der Waals surface area contributed by atoms with Gasteiger partial charge >= 0.3 is 0 Å². The van der Waals surface area contributed by atoms with Gasteiger partial charge in [-0.2, -0.15) is 5.10 Å². The van der Waals surface area contributed by atoms with Crippen molar-refractivity contribution in [2.24, 2.45) is 12.8 Å². The monoisotopic (exact) mass is 316 g/mol. The van der Waals surface area contributed by atoms with E-state index in [1.807, 2.05) is 23.9 Å². The van der Waals surface area contributed by atoms with Crippen molar-refractivity contribution in [2.45, 2.75) is 25.7 Å². The van der Waals surface area contributed by atoms with Crippen LogP contribution in [0.15, 0.2) is 30.5 Å². The molecule has 0 aliphatic carbocycles. The molecule has 3 N–H and O–H groups in total. The quantitative estimate of drug-likeness (QED) is 0.819. The molecule has 0 radical (unpaired) electrons. The lowest BCUT2D eigenvalue weighted by Crippen LogP contribution is -2.39. The molecule has 0 spiro atoms. The van der Waals surface area contributed by atoms with Gasteiger partial charge in [-0.15, -0.1) is 0 Å². The van der Waals surface area contributed by atoms with Crippen LogP contribution in [-0.4, -0.2) is 45.5 Å². The maximum absolute atomic E-state index is 9.69. The Kier molecular flexibility index (Phi) is 4.95. The third kappa shape index (κ3) is 3.90. The molecular weight excluding hydrogens is 292 g/mol. The number of aromatic nitrogens is 2. The van der Waals surface area contributed by atoms with E-state index in [0.29, 0.717) is 19.7 Å². The molecule has 1 aliphatic rings. The molecule has 0 unspecified atom stereocenters. The van der Waals surface area contributed by atoms with E-state index in [1.54, 1.807) is 6.20 Å². The Balaban J connectivity index is 1.61. The minimum absolute atomic E-state index is 0.310. The average molecular weight is 316 g/mol. The molecule has 1 aromatic heterocycles. The number of aliphatic hydroxyl groups is 1. The summed E-state index contributed by atoms with van der Waals surface area (Å²) >= 11 is 0. The Bertz CT molecular complexity index is 656. The van der Waals surface area contributed by atoms with E-state index < -0.39 is 6.10 Å². The zero-order valence-electron chi connectivity index (χ0n) is 13.5. The molecule has 23 heavy (non-hydrogen) atoms. The van der Waals surface area contributed by atoms with Crippen molar-refractivity contribution in [3.05, 3.63) is 47.3 Å². The van der Waals surface area contributed by atoms with Gasteiger partial charge < -0.3 is 15.6 Å². The highest BCUT2D eigenvalue weighted by Gasteiger charge is 2.18. The predicted octanol–water partition coefficient (Wildman–Crippen LogP) is 0.677. The number of fused-ring (bicyclic) bond motifs is 1. The number of aliphatic hydroxyl groups excluding tert-OH is 1. The first-order valence-corrected chi connectivity index (χ1v) is 7.97.